The van der Waals surface area contributed by atoms with Crippen LogP contribution in [0.15, 0.2) is 24.3 Å². The second-order valence-electron chi connectivity index (χ2n) is 1.62. The first kappa shape index (κ1) is 8.73. The molecule has 0 aliphatic heterocycles. The Hall–Kier alpha value is -1.27. The molecule has 52 valence electrons. The fourth-order valence-corrected chi connectivity index (χ4v) is 0.555. The molecular weight excluding hydrogens is 152 g/mol. The third kappa shape index (κ3) is 1.92. The van der Waals surface area contributed by atoms with Gasteiger partial charge in [-0.25, -0.2) is 0 Å². The Morgan fingerprint density at radius 1 is 1.40 bits per heavy atom. The summed E-state index contributed by atoms with van der Waals surface area (Å²) in [6.07, 6.45) is 0. The highest BCUT2D eigenvalue weighted by molar-refractivity contribution is 5.47. The molecular formula is C6H5ClN2O. The highest BCUT2D eigenvalue weighted by atomic mass is 35.5. The first-order valence-corrected chi connectivity index (χ1v) is 2.47. The van der Waals surface area contributed by atoms with Gasteiger partial charge in [0.2, 0.25) is 5.39 Å². The summed E-state index contributed by atoms with van der Waals surface area (Å²) in [7, 11) is 0. The third-order valence-corrected chi connectivity index (χ3v) is 0.945. The molecule has 0 aliphatic carbocycles. The average molecular weight is 157 g/mol. The lowest BCUT2D eigenvalue weighted by Crippen LogP contribution is -3.00. The predicted octanol–water partition coefficient (Wildman–Crippen LogP) is -1.12. The zero-order valence-electron chi connectivity index (χ0n) is 5.03. The van der Waals surface area contributed by atoms with E-state index in [1.165, 1.54) is 12.1 Å². The number of phenolic OH excluding ortho intramolecular Hbond substituents is 1. The van der Waals surface area contributed by atoms with E-state index in [-0.39, 0.29) is 18.2 Å². The van der Waals surface area contributed by atoms with Crippen LogP contribution in [0.1, 0.15) is 0 Å². The molecule has 0 heterocycles. The second-order valence-corrected chi connectivity index (χ2v) is 1.62. The van der Waals surface area contributed by atoms with E-state index in [1.54, 1.807) is 12.1 Å². The minimum Gasteiger partial charge on any atom is -1.00 e. The van der Waals surface area contributed by atoms with E-state index < -0.39 is 0 Å². The van der Waals surface area contributed by atoms with Crippen molar-refractivity contribution in [3.63, 3.8) is 0 Å². The van der Waals surface area contributed by atoms with Crippen molar-refractivity contribution in [2.75, 3.05) is 0 Å². The van der Waals surface area contributed by atoms with Gasteiger partial charge in [0.25, 0.3) is 0 Å². The first-order chi connectivity index (χ1) is 4.33. The molecule has 1 aromatic rings. The lowest BCUT2D eigenvalue weighted by molar-refractivity contribution is -0.00000313. The Balaban J connectivity index is 0.000000810. The topological polar surface area (TPSA) is 48.4 Å². The number of phenols is 1. The van der Waals surface area contributed by atoms with E-state index in [0.717, 1.165) is 0 Å². The minimum atomic E-state index is 0. The molecule has 0 spiro atoms. The summed E-state index contributed by atoms with van der Waals surface area (Å²) in [5.41, 5.74) is 0.356. The standard InChI is InChI=1S/C6H4N2O.ClH/c7-8-5-2-1-3-6(9)4-5;/h1-4H;1H. The molecule has 0 bridgehead atoms. The number of aromatic hydroxyl groups is 1. The second kappa shape index (κ2) is 3.70. The molecule has 1 rings (SSSR count). The summed E-state index contributed by atoms with van der Waals surface area (Å²) < 4.78 is 0. The van der Waals surface area contributed by atoms with Gasteiger partial charge in [0.05, 0.1) is 6.07 Å². The van der Waals surface area contributed by atoms with E-state index in [2.05, 4.69) is 4.98 Å². The highest BCUT2D eigenvalue weighted by Crippen LogP contribution is 2.17. The molecule has 3 nitrogen and oxygen atoms in total. The van der Waals surface area contributed by atoms with Gasteiger partial charge >= 0.3 is 5.69 Å². The SMILES string of the molecule is N#[N+]c1cccc(O)c1.[Cl-]. The van der Waals surface area contributed by atoms with Crippen LogP contribution in [-0.4, -0.2) is 5.11 Å². The number of benzene rings is 1. The molecule has 0 aromatic heterocycles. The lowest BCUT2D eigenvalue weighted by atomic mass is 10.3. The fourth-order valence-electron chi connectivity index (χ4n) is 0.555. The average Bonchev–Trinajstić information content (AvgIpc) is 1.88. The van der Waals surface area contributed by atoms with Crippen LogP contribution in [-0.2, 0) is 0 Å². The van der Waals surface area contributed by atoms with Gasteiger partial charge in [0, 0.05) is 6.07 Å². The van der Waals surface area contributed by atoms with Crippen LogP contribution < -0.4 is 12.4 Å². The van der Waals surface area contributed by atoms with Crippen molar-refractivity contribution in [1.29, 1.82) is 5.39 Å². The summed E-state index contributed by atoms with van der Waals surface area (Å²) in [5.74, 6) is 0.102. The van der Waals surface area contributed by atoms with Crippen LogP contribution in [0.5, 0.6) is 5.75 Å². The Labute approximate surface area is 64.3 Å². The highest BCUT2D eigenvalue weighted by Gasteiger charge is 2.01. The van der Waals surface area contributed by atoms with Gasteiger partial charge < -0.3 is 17.5 Å². The number of halogens is 1. The maximum Gasteiger partial charge on any atom is 0.388 e. The Kier molecular flexibility index (Phi) is 3.23. The van der Waals surface area contributed by atoms with Crippen molar-refractivity contribution in [3.05, 3.63) is 29.2 Å². The Morgan fingerprint density at radius 3 is 2.50 bits per heavy atom. The van der Waals surface area contributed by atoms with E-state index in [0.29, 0.717) is 5.69 Å². The number of hydrogen-bond acceptors (Lipinski definition) is 2. The molecule has 0 saturated carbocycles. The normalized spacial score (nSPS) is 7.50. The van der Waals surface area contributed by atoms with Crippen LogP contribution in [0.2, 0.25) is 0 Å². The monoisotopic (exact) mass is 156 g/mol. The molecule has 1 N–H and O–H groups in total. The fraction of sp³-hybridized carbons (Fsp3) is 0. The van der Waals surface area contributed by atoms with Crippen LogP contribution in [0.4, 0.5) is 5.69 Å². The molecule has 1 aromatic carbocycles. The quantitative estimate of drug-likeness (QED) is 0.484. The van der Waals surface area contributed by atoms with Crippen LogP contribution in [0, 0.1) is 5.39 Å². The third-order valence-electron chi connectivity index (χ3n) is 0.945. The van der Waals surface area contributed by atoms with Gasteiger partial charge in [-0.2, -0.15) is 0 Å². The maximum absolute atomic E-state index is 8.77. The Bertz CT molecular complexity index is 256. The van der Waals surface area contributed by atoms with Crippen LogP contribution in [0.3, 0.4) is 0 Å². The summed E-state index contributed by atoms with van der Waals surface area (Å²) in [4.78, 5) is 2.87. The van der Waals surface area contributed by atoms with E-state index in [9.17, 15) is 0 Å². The van der Waals surface area contributed by atoms with E-state index in [4.69, 9.17) is 10.5 Å². The Morgan fingerprint density at radius 2 is 2.10 bits per heavy atom. The number of rotatable bonds is 0. The lowest BCUT2D eigenvalue weighted by Gasteiger charge is -1.81. The zero-order chi connectivity index (χ0) is 6.69. The molecule has 0 radical (unpaired) electrons. The number of nitrogens with zero attached hydrogens (tertiary/aromatic N) is 2. The summed E-state index contributed by atoms with van der Waals surface area (Å²) in [6.45, 7) is 0. The first-order valence-electron chi connectivity index (χ1n) is 2.47. The molecule has 0 aliphatic rings. The molecule has 0 saturated heterocycles. The van der Waals surface area contributed by atoms with Crippen molar-refractivity contribution in [1.82, 2.24) is 0 Å². The van der Waals surface area contributed by atoms with Gasteiger partial charge in [-0.3, -0.25) is 0 Å². The van der Waals surface area contributed by atoms with Crippen molar-refractivity contribution in [2.45, 2.75) is 0 Å². The molecule has 10 heavy (non-hydrogen) atoms. The number of diazo groups is 1. The molecule has 0 amide bonds. The zero-order valence-corrected chi connectivity index (χ0v) is 5.78. The van der Waals surface area contributed by atoms with Gasteiger partial charge in [0.15, 0.2) is 4.98 Å². The van der Waals surface area contributed by atoms with Crippen molar-refractivity contribution in [3.8, 4) is 5.75 Å². The number of hydrogen-bond donors (Lipinski definition) is 1. The van der Waals surface area contributed by atoms with Crippen molar-refractivity contribution < 1.29 is 17.5 Å². The summed E-state index contributed by atoms with van der Waals surface area (Å²) in [5, 5.41) is 16.9. The van der Waals surface area contributed by atoms with E-state index >= 15 is 0 Å². The molecule has 0 fully saturated rings. The molecule has 0 atom stereocenters. The maximum atomic E-state index is 8.77. The molecule has 4 heteroatoms. The van der Waals surface area contributed by atoms with Crippen molar-refractivity contribution >= 4 is 5.69 Å². The summed E-state index contributed by atoms with van der Waals surface area (Å²) >= 11 is 0. The van der Waals surface area contributed by atoms with E-state index in [1.807, 2.05) is 0 Å². The summed E-state index contributed by atoms with van der Waals surface area (Å²) in [6, 6.07) is 6.05. The van der Waals surface area contributed by atoms with Gasteiger partial charge in [0.1, 0.15) is 5.75 Å². The van der Waals surface area contributed by atoms with Gasteiger partial charge in [-0.15, -0.1) is 0 Å². The minimum absolute atomic E-state index is 0. The van der Waals surface area contributed by atoms with Gasteiger partial charge in [-0.1, -0.05) is 6.07 Å². The van der Waals surface area contributed by atoms with Crippen molar-refractivity contribution in [2.24, 2.45) is 0 Å². The largest absolute Gasteiger partial charge is 1.00 e. The van der Waals surface area contributed by atoms with Crippen LogP contribution >= 0.6 is 0 Å². The smallest absolute Gasteiger partial charge is 0.388 e. The molecule has 0 unspecified atom stereocenters. The predicted molar refractivity (Wildman–Crippen MR) is 32.9 cm³/mol. The van der Waals surface area contributed by atoms with Crippen LogP contribution in [0.25, 0.3) is 4.98 Å². The van der Waals surface area contributed by atoms with Gasteiger partial charge in [-0.05, 0) is 6.07 Å².